The number of unbranched alkanes of at least 4 members (excludes halogenated alkanes) is 3. The van der Waals surface area contributed by atoms with Gasteiger partial charge in [0.25, 0.3) is 0 Å². The largest absolute Gasteiger partial charge is 0.313 e. The van der Waals surface area contributed by atoms with Crippen molar-refractivity contribution in [1.82, 2.24) is 0 Å². The van der Waals surface area contributed by atoms with Crippen LogP contribution < -0.4 is 0 Å². The summed E-state index contributed by atoms with van der Waals surface area (Å²) in [7, 11) is 0. The second kappa shape index (κ2) is 5.33. The molecule has 1 aliphatic rings. The van der Waals surface area contributed by atoms with Crippen LogP contribution in [0.5, 0.6) is 0 Å². The van der Waals surface area contributed by atoms with Crippen LogP contribution in [0.2, 0.25) is 0 Å². The standard InChI is InChI=1S/C13H23N/c1-3-4-5-6-7-8-12(2)13(11-14)9-10-13/h3,11-12,14H,1,4-10H2,2H3. The van der Waals surface area contributed by atoms with Crippen molar-refractivity contribution in [2.75, 3.05) is 0 Å². The highest BCUT2D eigenvalue weighted by molar-refractivity contribution is 5.66. The zero-order valence-corrected chi connectivity index (χ0v) is 9.39. The lowest BCUT2D eigenvalue weighted by Crippen LogP contribution is -2.13. The third-order valence-electron chi connectivity index (χ3n) is 3.64. The summed E-state index contributed by atoms with van der Waals surface area (Å²) in [5.74, 6) is 0.726. The first-order valence-electron chi connectivity index (χ1n) is 5.88. The highest BCUT2D eigenvalue weighted by Gasteiger charge is 2.44. The molecule has 0 bridgehead atoms. The third kappa shape index (κ3) is 2.97. The number of nitrogens with one attached hydrogen (secondary N) is 1. The normalized spacial score (nSPS) is 20.1. The zero-order chi connectivity index (χ0) is 10.4. The fourth-order valence-corrected chi connectivity index (χ4v) is 2.13. The Hall–Kier alpha value is -0.590. The van der Waals surface area contributed by atoms with E-state index in [2.05, 4.69) is 13.5 Å². The molecule has 0 aromatic heterocycles. The Kier molecular flexibility index (Phi) is 4.37. The summed E-state index contributed by atoms with van der Waals surface area (Å²) < 4.78 is 0. The predicted octanol–water partition coefficient (Wildman–Crippen LogP) is 4.19. The van der Waals surface area contributed by atoms with Crippen LogP contribution in [0, 0.1) is 16.7 Å². The summed E-state index contributed by atoms with van der Waals surface area (Å²) >= 11 is 0. The van der Waals surface area contributed by atoms with Gasteiger partial charge in [0.15, 0.2) is 0 Å². The molecule has 0 radical (unpaired) electrons. The van der Waals surface area contributed by atoms with Gasteiger partial charge in [-0.15, -0.1) is 6.58 Å². The molecule has 0 heterocycles. The first-order valence-corrected chi connectivity index (χ1v) is 5.88. The molecule has 0 spiro atoms. The molecule has 14 heavy (non-hydrogen) atoms. The van der Waals surface area contributed by atoms with Gasteiger partial charge in [0.05, 0.1) is 0 Å². The Morgan fingerprint density at radius 3 is 2.57 bits per heavy atom. The fourth-order valence-electron chi connectivity index (χ4n) is 2.13. The van der Waals surface area contributed by atoms with Gasteiger partial charge in [-0.05, 0) is 38.0 Å². The van der Waals surface area contributed by atoms with Crippen LogP contribution in [0.3, 0.4) is 0 Å². The molecule has 1 rings (SSSR count). The predicted molar refractivity (Wildman–Crippen MR) is 62.9 cm³/mol. The van der Waals surface area contributed by atoms with E-state index in [0.29, 0.717) is 5.41 Å². The van der Waals surface area contributed by atoms with Crippen LogP contribution >= 0.6 is 0 Å². The van der Waals surface area contributed by atoms with E-state index >= 15 is 0 Å². The quantitative estimate of drug-likeness (QED) is 0.339. The Morgan fingerprint density at radius 2 is 2.07 bits per heavy atom. The molecule has 1 saturated carbocycles. The molecule has 0 aliphatic heterocycles. The summed E-state index contributed by atoms with van der Waals surface area (Å²) in [5, 5.41) is 7.41. The van der Waals surface area contributed by atoms with Crippen LogP contribution in [-0.4, -0.2) is 6.21 Å². The maximum atomic E-state index is 7.41. The molecule has 0 saturated heterocycles. The van der Waals surface area contributed by atoms with Crippen molar-refractivity contribution in [3.8, 4) is 0 Å². The van der Waals surface area contributed by atoms with Gasteiger partial charge in [-0.25, -0.2) is 0 Å². The molecule has 1 atom stereocenters. The Bertz CT molecular complexity index is 191. The number of hydrogen-bond acceptors (Lipinski definition) is 1. The smallest absolute Gasteiger partial charge is 0.00758 e. The van der Waals surface area contributed by atoms with Crippen LogP contribution in [0.1, 0.15) is 51.9 Å². The van der Waals surface area contributed by atoms with Gasteiger partial charge in [-0.3, -0.25) is 0 Å². The topological polar surface area (TPSA) is 23.9 Å². The summed E-state index contributed by atoms with van der Waals surface area (Å²) in [6, 6.07) is 0. The monoisotopic (exact) mass is 193 g/mol. The molecule has 1 unspecified atom stereocenters. The maximum Gasteiger partial charge on any atom is 0.00758 e. The Balaban J connectivity index is 2.06. The molecule has 1 heteroatoms. The minimum Gasteiger partial charge on any atom is -0.313 e. The maximum absolute atomic E-state index is 7.41. The Labute approximate surface area is 88.1 Å². The fraction of sp³-hybridized carbons (Fsp3) is 0.769. The zero-order valence-electron chi connectivity index (χ0n) is 9.39. The molecular formula is C13H23N. The van der Waals surface area contributed by atoms with Gasteiger partial charge >= 0.3 is 0 Å². The van der Waals surface area contributed by atoms with E-state index < -0.39 is 0 Å². The van der Waals surface area contributed by atoms with Gasteiger partial charge < -0.3 is 5.41 Å². The van der Waals surface area contributed by atoms with Gasteiger partial charge in [-0.2, -0.15) is 0 Å². The van der Waals surface area contributed by atoms with Crippen LogP contribution in [0.15, 0.2) is 12.7 Å². The average molecular weight is 193 g/mol. The molecule has 0 aromatic rings. The van der Waals surface area contributed by atoms with Gasteiger partial charge in [0.1, 0.15) is 0 Å². The van der Waals surface area contributed by atoms with Crippen molar-refractivity contribution < 1.29 is 0 Å². The second-order valence-corrected chi connectivity index (χ2v) is 4.71. The van der Waals surface area contributed by atoms with E-state index in [4.69, 9.17) is 5.41 Å². The minimum atomic E-state index is 0.318. The van der Waals surface area contributed by atoms with Crippen LogP contribution in [0.25, 0.3) is 0 Å². The summed E-state index contributed by atoms with van der Waals surface area (Å²) in [6.45, 7) is 6.04. The van der Waals surface area contributed by atoms with Crippen molar-refractivity contribution >= 4 is 6.21 Å². The van der Waals surface area contributed by atoms with Gasteiger partial charge in [0.2, 0.25) is 0 Å². The molecule has 0 amide bonds. The van der Waals surface area contributed by atoms with Crippen molar-refractivity contribution in [1.29, 1.82) is 5.41 Å². The second-order valence-electron chi connectivity index (χ2n) is 4.71. The molecule has 1 aliphatic carbocycles. The van der Waals surface area contributed by atoms with E-state index in [-0.39, 0.29) is 0 Å². The van der Waals surface area contributed by atoms with E-state index in [1.54, 1.807) is 6.21 Å². The third-order valence-corrected chi connectivity index (χ3v) is 3.64. The number of rotatable bonds is 8. The minimum absolute atomic E-state index is 0.318. The van der Waals surface area contributed by atoms with Gasteiger partial charge in [0, 0.05) is 11.6 Å². The molecule has 80 valence electrons. The number of hydrogen-bond donors (Lipinski definition) is 1. The summed E-state index contributed by atoms with van der Waals surface area (Å²) in [6.07, 6.45) is 12.6. The highest BCUT2D eigenvalue weighted by Crippen LogP contribution is 2.51. The molecular weight excluding hydrogens is 170 g/mol. The van der Waals surface area contributed by atoms with Crippen LogP contribution in [0.4, 0.5) is 0 Å². The lowest BCUT2D eigenvalue weighted by Gasteiger charge is -2.18. The van der Waals surface area contributed by atoms with Crippen molar-refractivity contribution in [2.24, 2.45) is 11.3 Å². The molecule has 1 nitrogen and oxygen atoms in total. The molecule has 1 fully saturated rings. The van der Waals surface area contributed by atoms with E-state index in [1.807, 2.05) is 6.08 Å². The van der Waals surface area contributed by atoms with E-state index in [1.165, 1.54) is 38.5 Å². The lowest BCUT2D eigenvalue weighted by molar-refractivity contribution is 0.393. The lowest BCUT2D eigenvalue weighted by atomic mass is 9.87. The number of allylic oxidation sites excluding steroid dienone is 1. The van der Waals surface area contributed by atoms with Crippen molar-refractivity contribution in [2.45, 2.75) is 51.9 Å². The first-order chi connectivity index (χ1) is 6.75. The van der Waals surface area contributed by atoms with Gasteiger partial charge in [-0.1, -0.05) is 25.8 Å². The summed E-state index contributed by atoms with van der Waals surface area (Å²) in [4.78, 5) is 0. The first kappa shape index (κ1) is 11.5. The van der Waals surface area contributed by atoms with Crippen molar-refractivity contribution in [3.63, 3.8) is 0 Å². The highest BCUT2D eigenvalue weighted by atomic mass is 14.5. The SMILES string of the molecule is C=CCCCCCC(C)C1(C=N)CC1. The van der Waals surface area contributed by atoms with Crippen LogP contribution in [-0.2, 0) is 0 Å². The van der Waals surface area contributed by atoms with E-state index in [9.17, 15) is 0 Å². The summed E-state index contributed by atoms with van der Waals surface area (Å²) in [5.41, 5.74) is 0.318. The average Bonchev–Trinajstić information content (AvgIpc) is 2.98. The molecule has 1 N–H and O–H groups in total. The van der Waals surface area contributed by atoms with Crippen molar-refractivity contribution in [3.05, 3.63) is 12.7 Å². The Morgan fingerprint density at radius 1 is 1.36 bits per heavy atom. The van der Waals surface area contributed by atoms with E-state index in [0.717, 1.165) is 12.3 Å². The molecule has 0 aromatic carbocycles.